The van der Waals surface area contributed by atoms with Gasteiger partial charge in [-0.15, -0.1) is 0 Å². The lowest BCUT2D eigenvalue weighted by atomic mass is 9.96. The van der Waals surface area contributed by atoms with Crippen LogP contribution in [0.3, 0.4) is 0 Å². The molecule has 3 aromatic rings. The number of aliphatic hydroxyl groups is 1. The largest absolute Gasteiger partial charge is 0.388 e. The molecule has 0 radical (unpaired) electrons. The molecular weight excluding hydrogens is 572 g/mol. The Balaban J connectivity index is 1.51. The fraction of sp³-hybridized carbons (Fsp3) is 0.375. The van der Waals surface area contributed by atoms with Crippen LogP contribution >= 0.6 is 11.6 Å². The van der Waals surface area contributed by atoms with Crippen molar-refractivity contribution in [1.82, 2.24) is 5.32 Å². The van der Waals surface area contributed by atoms with Crippen molar-refractivity contribution in [3.05, 3.63) is 95.0 Å². The first-order valence-corrected chi connectivity index (χ1v) is 14.5. The predicted molar refractivity (Wildman–Crippen MR) is 165 cm³/mol. The second kappa shape index (κ2) is 16.4. The maximum absolute atomic E-state index is 13.0. The third-order valence-corrected chi connectivity index (χ3v) is 7.27. The molecule has 1 aliphatic rings. The zero-order valence-electron chi connectivity index (χ0n) is 24.1. The summed E-state index contributed by atoms with van der Waals surface area (Å²) in [5, 5.41) is 14.8. The maximum Gasteiger partial charge on any atom is 0.220 e. The number of aliphatic imine (C=N–C) groups is 1. The Morgan fingerprint density at radius 3 is 2.23 bits per heavy atom. The first-order chi connectivity index (χ1) is 20.8. The van der Waals surface area contributed by atoms with Crippen LogP contribution in [-0.4, -0.2) is 67.9 Å². The second-order valence-electron chi connectivity index (χ2n) is 10.3. The van der Waals surface area contributed by atoms with E-state index in [0.717, 1.165) is 22.3 Å². The van der Waals surface area contributed by atoms with E-state index in [1.165, 1.54) is 7.11 Å². The normalized spacial score (nSPS) is 21.7. The van der Waals surface area contributed by atoms with Gasteiger partial charge >= 0.3 is 0 Å². The highest BCUT2D eigenvalue weighted by Crippen LogP contribution is 2.28. The Bertz CT molecular complexity index is 1310. The van der Waals surface area contributed by atoms with Crippen LogP contribution in [0.15, 0.2) is 83.9 Å². The van der Waals surface area contributed by atoms with Crippen LogP contribution < -0.4 is 16.8 Å². The molecular formula is C32H39ClN4O6. The molecule has 1 aliphatic heterocycles. The van der Waals surface area contributed by atoms with Gasteiger partial charge in [0.2, 0.25) is 5.91 Å². The number of hydrogen-bond acceptors (Lipinski definition) is 7. The number of guanidine groups is 1. The first kappa shape index (κ1) is 32.4. The summed E-state index contributed by atoms with van der Waals surface area (Å²) in [7, 11) is 1.52. The second-order valence-corrected chi connectivity index (χ2v) is 10.7. The van der Waals surface area contributed by atoms with Crippen molar-refractivity contribution in [2.45, 2.75) is 56.7 Å². The van der Waals surface area contributed by atoms with Crippen molar-refractivity contribution in [3.63, 3.8) is 0 Å². The number of halogens is 1. The van der Waals surface area contributed by atoms with E-state index in [9.17, 15) is 9.90 Å². The zero-order valence-corrected chi connectivity index (χ0v) is 24.9. The van der Waals surface area contributed by atoms with E-state index >= 15 is 0 Å². The summed E-state index contributed by atoms with van der Waals surface area (Å²) in [5.74, 6) is -0.313. The Labute approximate surface area is 256 Å². The van der Waals surface area contributed by atoms with Gasteiger partial charge in [-0.05, 0) is 40.8 Å². The molecule has 0 spiro atoms. The molecule has 0 aromatic heterocycles. The van der Waals surface area contributed by atoms with Gasteiger partial charge in [-0.3, -0.25) is 9.79 Å². The molecule has 6 N–H and O–H groups in total. The Kier molecular flexibility index (Phi) is 12.3. The van der Waals surface area contributed by atoms with Gasteiger partial charge in [-0.25, -0.2) is 0 Å². The summed E-state index contributed by atoms with van der Waals surface area (Å²) >= 11 is 6.03. The van der Waals surface area contributed by atoms with Crippen molar-refractivity contribution in [1.29, 1.82) is 0 Å². The summed E-state index contributed by atoms with van der Waals surface area (Å²) in [6.07, 6.45) is -3.07. The number of hydrogen-bond donors (Lipinski definition) is 4. The standard InChI is InChI=1S/C32H39ClN4O6/c1-40-20-26-29(39)30(41-18-22-11-15-25(33)16-12-22)28(37-27(38)8-5-17-36-32(34)35)31(43-26)42-19-21-9-13-24(14-10-21)23-6-3-2-4-7-23/h2-4,6-7,9-16,26,28-31,39H,5,8,17-20H2,1H3,(H,37,38)(H4,34,35,36)/t26-,28-,29-,30-,31?/m1/s1. The highest BCUT2D eigenvalue weighted by Gasteiger charge is 2.47. The molecule has 1 heterocycles. The van der Waals surface area contributed by atoms with Crippen LogP contribution in [0, 0.1) is 0 Å². The van der Waals surface area contributed by atoms with Gasteiger partial charge in [0, 0.05) is 25.1 Å². The summed E-state index contributed by atoms with van der Waals surface area (Å²) in [4.78, 5) is 16.9. The summed E-state index contributed by atoms with van der Waals surface area (Å²) in [5.41, 5.74) is 14.7. The maximum atomic E-state index is 13.0. The van der Waals surface area contributed by atoms with Crippen LogP contribution in [0.25, 0.3) is 11.1 Å². The Morgan fingerprint density at radius 2 is 1.58 bits per heavy atom. The number of ether oxygens (including phenoxy) is 4. The zero-order chi connectivity index (χ0) is 30.6. The number of nitrogens with two attached hydrogens (primary N) is 2. The molecule has 43 heavy (non-hydrogen) atoms. The highest BCUT2D eigenvalue weighted by atomic mass is 35.5. The van der Waals surface area contributed by atoms with Crippen LogP contribution in [-0.2, 0) is 37.0 Å². The van der Waals surface area contributed by atoms with Crippen LogP contribution in [0.5, 0.6) is 0 Å². The quantitative estimate of drug-likeness (QED) is 0.123. The van der Waals surface area contributed by atoms with Gasteiger partial charge in [0.15, 0.2) is 12.2 Å². The van der Waals surface area contributed by atoms with Gasteiger partial charge < -0.3 is 40.8 Å². The first-order valence-electron chi connectivity index (χ1n) is 14.1. The van der Waals surface area contributed by atoms with Crippen molar-refractivity contribution in [2.24, 2.45) is 16.5 Å². The van der Waals surface area contributed by atoms with Crippen LogP contribution in [0.2, 0.25) is 5.02 Å². The summed E-state index contributed by atoms with van der Waals surface area (Å²) in [6.45, 7) is 0.789. The fourth-order valence-electron chi connectivity index (χ4n) is 4.80. The van der Waals surface area contributed by atoms with E-state index < -0.39 is 30.6 Å². The molecule has 1 fully saturated rings. The molecule has 0 saturated carbocycles. The molecule has 1 saturated heterocycles. The number of carbonyl (C=O) groups excluding carboxylic acids is 1. The Hall–Kier alpha value is -3.51. The topological polar surface area (TPSA) is 151 Å². The number of nitrogens with zero attached hydrogens (tertiary/aromatic N) is 1. The minimum atomic E-state index is -1.11. The smallest absolute Gasteiger partial charge is 0.220 e. The van der Waals surface area contributed by atoms with Crippen molar-refractivity contribution in [3.8, 4) is 11.1 Å². The lowest BCUT2D eigenvalue weighted by molar-refractivity contribution is -0.282. The number of rotatable bonds is 14. The molecule has 1 unspecified atom stereocenters. The lowest BCUT2D eigenvalue weighted by Crippen LogP contribution is -2.65. The third-order valence-electron chi connectivity index (χ3n) is 7.02. The molecule has 1 amide bonds. The molecule has 3 aromatic carbocycles. The molecule has 4 rings (SSSR count). The number of nitrogens with one attached hydrogen (secondary N) is 1. The fourth-order valence-corrected chi connectivity index (χ4v) is 4.92. The molecule has 0 aliphatic carbocycles. The van der Waals surface area contributed by atoms with Crippen molar-refractivity contribution < 1.29 is 28.8 Å². The number of aliphatic hydroxyl groups excluding tert-OH is 1. The highest BCUT2D eigenvalue weighted by molar-refractivity contribution is 6.30. The SMILES string of the molecule is COC[C@H]1OC(OCc2ccc(-c3ccccc3)cc2)[C@H](NC(=O)CCCN=C(N)N)[C@@H](OCc2ccc(Cl)cc2)[C@@H]1O. The van der Waals surface area contributed by atoms with E-state index in [-0.39, 0.29) is 38.1 Å². The summed E-state index contributed by atoms with van der Waals surface area (Å²) < 4.78 is 24.0. The van der Waals surface area contributed by atoms with Gasteiger partial charge in [0.05, 0.1) is 19.8 Å². The van der Waals surface area contributed by atoms with Crippen LogP contribution in [0.1, 0.15) is 24.0 Å². The third kappa shape index (κ3) is 9.75. The molecule has 230 valence electrons. The molecule has 0 bridgehead atoms. The van der Waals surface area contributed by atoms with E-state index in [4.69, 9.17) is 42.0 Å². The van der Waals surface area contributed by atoms with Gasteiger partial charge in [0.1, 0.15) is 24.4 Å². The lowest BCUT2D eigenvalue weighted by Gasteiger charge is -2.44. The number of benzene rings is 3. The van der Waals surface area contributed by atoms with E-state index in [1.54, 1.807) is 12.1 Å². The van der Waals surface area contributed by atoms with E-state index in [0.29, 0.717) is 18.0 Å². The Morgan fingerprint density at radius 1 is 0.953 bits per heavy atom. The monoisotopic (exact) mass is 610 g/mol. The van der Waals surface area contributed by atoms with Crippen molar-refractivity contribution in [2.75, 3.05) is 20.3 Å². The predicted octanol–water partition coefficient (Wildman–Crippen LogP) is 3.38. The van der Waals surface area contributed by atoms with E-state index in [1.807, 2.05) is 54.6 Å². The molecule has 5 atom stereocenters. The van der Waals surface area contributed by atoms with Gasteiger partial charge in [0.25, 0.3) is 0 Å². The number of methoxy groups -OCH3 is 1. The molecule has 10 nitrogen and oxygen atoms in total. The number of amides is 1. The van der Waals surface area contributed by atoms with Gasteiger partial charge in [-0.1, -0.05) is 78.3 Å². The van der Waals surface area contributed by atoms with Gasteiger partial charge in [-0.2, -0.15) is 0 Å². The average Bonchev–Trinajstić information content (AvgIpc) is 3.01. The minimum Gasteiger partial charge on any atom is -0.388 e. The minimum absolute atomic E-state index is 0.0330. The number of carbonyl (C=O) groups is 1. The summed E-state index contributed by atoms with van der Waals surface area (Å²) in [6, 6.07) is 24.5. The van der Waals surface area contributed by atoms with Crippen molar-refractivity contribution >= 4 is 23.5 Å². The molecule has 11 heteroatoms. The average molecular weight is 611 g/mol. The van der Waals surface area contributed by atoms with E-state index in [2.05, 4.69) is 22.4 Å². The van der Waals surface area contributed by atoms with Crippen LogP contribution in [0.4, 0.5) is 0 Å².